The van der Waals surface area contributed by atoms with Gasteiger partial charge in [0.2, 0.25) is 5.91 Å². The van der Waals surface area contributed by atoms with Crippen molar-refractivity contribution in [1.82, 2.24) is 15.3 Å². The fourth-order valence-corrected chi connectivity index (χ4v) is 1.57. The molecule has 0 bridgehead atoms. The van der Waals surface area contributed by atoms with E-state index in [0.29, 0.717) is 18.8 Å². The quantitative estimate of drug-likeness (QED) is 0.752. The van der Waals surface area contributed by atoms with E-state index in [1.54, 1.807) is 0 Å². The normalized spacial score (nSPS) is 11.0. The molecule has 0 atom stereocenters. The molecule has 1 heterocycles. The number of rotatable bonds is 5. The van der Waals surface area contributed by atoms with Crippen LogP contribution in [0.2, 0.25) is 0 Å². The molecule has 0 saturated carbocycles. The van der Waals surface area contributed by atoms with Gasteiger partial charge in [0.25, 0.3) is 0 Å². The van der Waals surface area contributed by atoms with Gasteiger partial charge in [-0.3, -0.25) is 4.79 Å². The molecule has 0 aliphatic heterocycles. The zero-order chi connectivity index (χ0) is 14.5. The first-order valence-corrected chi connectivity index (χ1v) is 6.38. The Morgan fingerprint density at radius 3 is 2.47 bits per heavy atom. The molecule has 106 valence electrons. The maximum absolute atomic E-state index is 11.6. The predicted octanol–water partition coefficient (Wildman–Crippen LogP) is 1.54. The third-order valence-electron chi connectivity index (χ3n) is 2.27. The molecule has 0 aliphatic carbocycles. The minimum absolute atomic E-state index is 0.0274. The van der Waals surface area contributed by atoms with Crippen molar-refractivity contribution in [2.24, 2.45) is 0 Å². The van der Waals surface area contributed by atoms with Crippen LogP contribution < -0.4 is 16.0 Å². The Labute approximate surface area is 114 Å². The summed E-state index contributed by atoms with van der Waals surface area (Å²) in [5, 5.41) is 9.01. The molecular weight excluding hydrogens is 242 g/mol. The Morgan fingerprint density at radius 1 is 1.26 bits per heavy atom. The highest BCUT2D eigenvalue weighted by molar-refractivity contribution is 5.77. The van der Waals surface area contributed by atoms with Crippen molar-refractivity contribution in [3.05, 3.63) is 11.9 Å². The van der Waals surface area contributed by atoms with Gasteiger partial charge in [-0.2, -0.15) is 0 Å². The predicted molar refractivity (Wildman–Crippen MR) is 77.3 cm³/mol. The van der Waals surface area contributed by atoms with E-state index in [4.69, 9.17) is 0 Å². The van der Waals surface area contributed by atoms with Crippen molar-refractivity contribution in [3.8, 4) is 0 Å². The van der Waals surface area contributed by atoms with E-state index in [1.807, 2.05) is 40.8 Å². The first kappa shape index (κ1) is 15.2. The highest BCUT2D eigenvalue weighted by Gasteiger charge is 2.13. The van der Waals surface area contributed by atoms with Gasteiger partial charge in [0.05, 0.1) is 0 Å². The molecule has 0 aliphatic rings. The summed E-state index contributed by atoms with van der Waals surface area (Å²) in [5.41, 5.74) is -0.193. The van der Waals surface area contributed by atoms with Gasteiger partial charge in [0, 0.05) is 31.6 Å². The molecule has 0 fully saturated rings. The summed E-state index contributed by atoms with van der Waals surface area (Å²) in [6.07, 6.45) is 0.412. The van der Waals surface area contributed by atoms with Crippen LogP contribution in [0.3, 0.4) is 0 Å². The fourth-order valence-electron chi connectivity index (χ4n) is 1.57. The largest absolute Gasteiger partial charge is 0.373 e. The van der Waals surface area contributed by atoms with Gasteiger partial charge >= 0.3 is 0 Å². The summed E-state index contributed by atoms with van der Waals surface area (Å²) in [6.45, 7) is 8.27. The molecule has 1 aromatic heterocycles. The summed E-state index contributed by atoms with van der Waals surface area (Å²) in [6, 6.07) is 1.81. The average molecular weight is 265 g/mol. The molecule has 1 amide bonds. The molecule has 3 N–H and O–H groups in total. The van der Waals surface area contributed by atoms with Gasteiger partial charge in [-0.05, 0) is 27.7 Å². The van der Waals surface area contributed by atoms with Crippen LogP contribution in [0.15, 0.2) is 6.07 Å². The molecule has 6 nitrogen and oxygen atoms in total. The lowest BCUT2D eigenvalue weighted by Crippen LogP contribution is -2.41. The zero-order valence-electron chi connectivity index (χ0n) is 12.3. The van der Waals surface area contributed by atoms with Crippen molar-refractivity contribution >= 4 is 17.5 Å². The molecular formula is C13H23N5O. The molecule has 0 radical (unpaired) electrons. The van der Waals surface area contributed by atoms with Crippen molar-refractivity contribution < 1.29 is 4.79 Å². The number of aromatic nitrogens is 2. The molecule has 0 saturated heterocycles. The van der Waals surface area contributed by atoms with E-state index in [0.717, 1.165) is 11.6 Å². The number of carbonyl (C=O) groups is 1. The van der Waals surface area contributed by atoms with E-state index in [1.165, 1.54) is 0 Å². The highest BCUT2D eigenvalue weighted by atomic mass is 16.1. The lowest BCUT2D eigenvalue weighted by Gasteiger charge is -2.20. The fraction of sp³-hybridized carbons (Fsp3) is 0.615. The van der Waals surface area contributed by atoms with Crippen LogP contribution in [0.1, 0.15) is 33.0 Å². The Kier molecular flexibility index (Phi) is 5.09. The average Bonchev–Trinajstić information content (AvgIpc) is 2.25. The molecule has 1 aromatic rings. The number of hydrogen-bond acceptors (Lipinski definition) is 5. The number of nitrogens with zero attached hydrogens (tertiary/aromatic N) is 2. The standard InChI is InChI=1S/C13H23N5O/c1-9-16-10(14-5)8-11(17-9)15-7-6-12(19)18-13(2,3)4/h8H,6-7H2,1-5H3,(H,18,19)(H2,14,15,16,17). The lowest BCUT2D eigenvalue weighted by atomic mass is 10.1. The number of anilines is 2. The van der Waals surface area contributed by atoms with Crippen molar-refractivity contribution in [2.75, 3.05) is 24.2 Å². The van der Waals surface area contributed by atoms with Crippen LogP contribution in [-0.4, -0.2) is 35.0 Å². The van der Waals surface area contributed by atoms with Crippen LogP contribution in [0.5, 0.6) is 0 Å². The van der Waals surface area contributed by atoms with Gasteiger partial charge in [0.1, 0.15) is 17.5 Å². The molecule has 0 spiro atoms. The summed E-state index contributed by atoms with van der Waals surface area (Å²) < 4.78 is 0. The summed E-state index contributed by atoms with van der Waals surface area (Å²) in [7, 11) is 1.81. The second kappa shape index (κ2) is 6.36. The van der Waals surface area contributed by atoms with Gasteiger partial charge in [-0.25, -0.2) is 9.97 Å². The van der Waals surface area contributed by atoms with Crippen LogP contribution >= 0.6 is 0 Å². The first-order chi connectivity index (χ1) is 8.80. The van der Waals surface area contributed by atoms with E-state index in [-0.39, 0.29) is 11.4 Å². The second-order valence-corrected chi connectivity index (χ2v) is 5.41. The smallest absolute Gasteiger partial charge is 0.222 e. The number of hydrogen-bond donors (Lipinski definition) is 3. The third kappa shape index (κ3) is 6.03. The summed E-state index contributed by atoms with van der Waals surface area (Å²) in [5.74, 6) is 2.20. The number of carbonyl (C=O) groups excluding carboxylic acids is 1. The monoisotopic (exact) mass is 265 g/mol. The maximum atomic E-state index is 11.6. The number of aryl methyl sites for hydroxylation is 1. The van der Waals surface area contributed by atoms with Crippen molar-refractivity contribution in [1.29, 1.82) is 0 Å². The SMILES string of the molecule is CNc1cc(NCCC(=O)NC(C)(C)C)nc(C)n1. The molecule has 19 heavy (non-hydrogen) atoms. The minimum Gasteiger partial charge on any atom is -0.373 e. The Hall–Kier alpha value is -1.85. The molecule has 0 unspecified atom stereocenters. The topological polar surface area (TPSA) is 78.9 Å². The van der Waals surface area contributed by atoms with Gasteiger partial charge < -0.3 is 16.0 Å². The van der Waals surface area contributed by atoms with Gasteiger partial charge in [-0.15, -0.1) is 0 Å². The van der Waals surface area contributed by atoms with Crippen molar-refractivity contribution in [3.63, 3.8) is 0 Å². The lowest BCUT2D eigenvalue weighted by molar-refractivity contribution is -0.122. The Balaban J connectivity index is 2.45. The van der Waals surface area contributed by atoms with Crippen LogP contribution in [-0.2, 0) is 4.79 Å². The number of nitrogens with one attached hydrogen (secondary N) is 3. The van der Waals surface area contributed by atoms with E-state index in [9.17, 15) is 4.79 Å². The van der Waals surface area contributed by atoms with Crippen molar-refractivity contribution in [2.45, 2.75) is 39.7 Å². The van der Waals surface area contributed by atoms with E-state index < -0.39 is 0 Å². The molecule has 1 rings (SSSR count). The summed E-state index contributed by atoms with van der Waals surface area (Å²) in [4.78, 5) is 20.1. The zero-order valence-corrected chi connectivity index (χ0v) is 12.3. The third-order valence-corrected chi connectivity index (χ3v) is 2.27. The molecule has 6 heteroatoms. The Morgan fingerprint density at radius 2 is 1.89 bits per heavy atom. The van der Waals surface area contributed by atoms with Gasteiger partial charge in [0.15, 0.2) is 0 Å². The van der Waals surface area contributed by atoms with Crippen LogP contribution in [0, 0.1) is 6.92 Å². The van der Waals surface area contributed by atoms with Crippen LogP contribution in [0.4, 0.5) is 11.6 Å². The minimum atomic E-state index is -0.193. The Bertz CT molecular complexity index is 439. The summed E-state index contributed by atoms with van der Waals surface area (Å²) >= 11 is 0. The highest BCUT2D eigenvalue weighted by Crippen LogP contribution is 2.10. The molecule has 0 aromatic carbocycles. The first-order valence-electron chi connectivity index (χ1n) is 6.38. The maximum Gasteiger partial charge on any atom is 0.222 e. The van der Waals surface area contributed by atoms with Crippen LogP contribution in [0.25, 0.3) is 0 Å². The second-order valence-electron chi connectivity index (χ2n) is 5.41. The van der Waals surface area contributed by atoms with E-state index >= 15 is 0 Å². The van der Waals surface area contributed by atoms with E-state index in [2.05, 4.69) is 25.9 Å². The van der Waals surface area contributed by atoms with Gasteiger partial charge in [-0.1, -0.05) is 0 Å². The number of amides is 1.